The third-order valence-corrected chi connectivity index (χ3v) is 2.70. The summed E-state index contributed by atoms with van der Waals surface area (Å²) < 4.78 is 5.41. The molecule has 0 spiro atoms. The first-order chi connectivity index (χ1) is 8.86. The fourth-order valence-electron chi connectivity index (χ4n) is 1.52. The minimum absolute atomic E-state index is 0.201. The molecule has 0 heterocycles. The monoisotopic (exact) mass is 265 g/mol. The Morgan fingerprint density at radius 3 is 2.53 bits per heavy atom. The van der Waals surface area contributed by atoms with Crippen LogP contribution in [0.3, 0.4) is 0 Å². The van der Waals surface area contributed by atoms with Crippen LogP contribution < -0.4 is 10.1 Å². The van der Waals surface area contributed by atoms with Crippen molar-refractivity contribution in [1.82, 2.24) is 5.32 Å². The van der Waals surface area contributed by atoms with Crippen LogP contribution in [0.1, 0.15) is 26.3 Å². The number of carboxylic acid groups (broad SMARTS) is 1. The van der Waals surface area contributed by atoms with E-state index in [-0.39, 0.29) is 6.61 Å². The van der Waals surface area contributed by atoms with Crippen molar-refractivity contribution in [2.45, 2.75) is 32.7 Å². The summed E-state index contributed by atoms with van der Waals surface area (Å²) >= 11 is 0. The quantitative estimate of drug-likeness (QED) is 0.819. The third-order valence-electron chi connectivity index (χ3n) is 2.70. The summed E-state index contributed by atoms with van der Waals surface area (Å²) in [4.78, 5) is 22.5. The molecule has 5 heteroatoms. The van der Waals surface area contributed by atoms with E-state index < -0.39 is 17.4 Å². The second kappa shape index (κ2) is 6.22. The molecule has 104 valence electrons. The van der Waals surface area contributed by atoms with E-state index in [1.165, 1.54) is 13.8 Å². The van der Waals surface area contributed by atoms with Crippen LogP contribution in [-0.2, 0) is 16.0 Å². The SMILES string of the molecule is CCc1ccccc1OCC(=O)NC(C)(C)C(=O)O. The van der Waals surface area contributed by atoms with Crippen molar-refractivity contribution in [2.24, 2.45) is 0 Å². The number of hydrogen-bond donors (Lipinski definition) is 2. The Balaban J connectivity index is 2.58. The smallest absolute Gasteiger partial charge is 0.328 e. The zero-order chi connectivity index (χ0) is 14.5. The summed E-state index contributed by atoms with van der Waals surface area (Å²) in [6.45, 7) is 4.64. The lowest BCUT2D eigenvalue weighted by Crippen LogP contribution is -2.51. The van der Waals surface area contributed by atoms with Gasteiger partial charge in [0.05, 0.1) is 0 Å². The van der Waals surface area contributed by atoms with E-state index >= 15 is 0 Å². The molecule has 1 rings (SSSR count). The molecule has 0 atom stereocenters. The predicted octanol–water partition coefficient (Wildman–Crippen LogP) is 1.61. The highest BCUT2D eigenvalue weighted by Crippen LogP contribution is 2.18. The molecule has 1 aromatic rings. The van der Waals surface area contributed by atoms with Gasteiger partial charge in [-0.15, -0.1) is 0 Å². The number of aryl methyl sites for hydroxylation is 1. The maximum absolute atomic E-state index is 11.6. The molecule has 0 unspecified atom stereocenters. The minimum atomic E-state index is -1.30. The lowest BCUT2D eigenvalue weighted by Gasteiger charge is -2.21. The summed E-state index contributed by atoms with van der Waals surface area (Å²) in [7, 11) is 0. The van der Waals surface area contributed by atoms with Gasteiger partial charge in [-0.3, -0.25) is 4.79 Å². The Morgan fingerprint density at radius 1 is 1.32 bits per heavy atom. The van der Waals surface area contributed by atoms with Crippen LogP contribution in [0.2, 0.25) is 0 Å². The molecule has 5 nitrogen and oxygen atoms in total. The van der Waals surface area contributed by atoms with Gasteiger partial charge in [-0.25, -0.2) is 4.79 Å². The zero-order valence-electron chi connectivity index (χ0n) is 11.4. The highest BCUT2D eigenvalue weighted by Gasteiger charge is 2.28. The van der Waals surface area contributed by atoms with Crippen molar-refractivity contribution in [3.63, 3.8) is 0 Å². The molecule has 19 heavy (non-hydrogen) atoms. The molecule has 0 aromatic heterocycles. The Kier molecular flexibility index (Phi) is 4.92. The molecule has 0 fully saturated rings. The molecule has 0 aliphatic carbocycles. The van der Waals surface area contributed by atoms with Gasteiger partial charge in [-0.2, -0.15) is 0 Å². The number of benzene rings is 1. The Morgan fingerprint density at radius 2 is 1.95 bits per heavy atom. The maximum Gasteiger partial charge on any atom is 0.328 e. The summed E-state index contributed by atoms with van der Waals surface area (Å²) in [5.74, 6) is -0.901. The van der Waals surface area contributed by atoms with Gasteiger partial charge in [-0.05, 0) is 31.9 Å². The molecule has 0 aliphatic heterocycles. The third kappa shape index (κ3) is 4.28. The first kappa shape index (κ1) is 15.0. The molecule has 0 saturated heterocycles. The lowest BCUT2D eigenvalue weighted by atomic mass is 10.1. The number of ether oxygens (including phenoxy) is 1. The van der Waals surface area contributed by atoms with Crippen LogP contribution in [0.25, 0.3) is 0 Å². The molecular formula is C14H19NO4. The average Bonchev–Trinajstić information content (AvgIpc) is 2.36. The fourth-order valence-corrected chi connectivity index (χ4v) is 1.52. The maximum atomic E-state index is 11.6. The second-order valence-corrected chi connectivity index (χ2v) is 4.73. The van der Waals surface area contributed by atoms with E-state index in [1.807, 2.05) is 25.1 Å². The number of carbonyl (C=O) groups excluding carboxylic acids is 1. The number of para-hydroxylation sites is 1. The molecule has 0 radical (unpaired) electrons. The van der Waals surface area contributed by atoms with Crippen molar-refractivity contribution in [3.05, 3.63) is 29.8 Å². The van der Waals surface area contributed by atoms with E-state index in [1.54, 1.807) is 6.07 Å². The van der Waals surface area contributed by atoms with Crippen molar-refractivity contribution >= 4 is 11.9 Å². The van der Waals surface area contributed by atoms with E-state index in [0.29, 0.717) is 5.75 Å². The van der Waals surface area contributed by atoms with Gasteiger partial charge < -0.3 is 15.2 Å². The number of rotatable bonds is 6. The summed E-state index contributed by atoms with van der Waals surface area (Å²) in [5, 5.41) is 11.3. The first-order valence-corrected chi connectivity index (χ1v) is 6.12. The number of hydrogen-bond acceptors (Lipinski definition) is 3. The topological polar surface area (TPSA) is 75.6 Å². The van der Waals surface area contributed by atoms with Crippen molar-refractivity contribution in [2.75, 3.05) is 6.61 Å². The lowest BCUT2D eigenvalue weighted by molar-refractivity contribution is -0.146. The largest absolute Gasteiger partial charge is 0.483 e. The average molecular weight is 265 g/mol. The standard InChI is InChI=1S/C14H19NO4/c1-4-10-7-5-6-8-11(10)19-9-12(16)15-14(2,3)13(17)18/h5-8H,4,9H2,1-3H3,(H,15,16)(H,17,18). The van der Waals surface area contributed by atoms with Crippen LogP contribution in [0.5, 0.6) is 5.75 Å². The molecule has 0 saturated carbocycles. The fraction of sp³-hybridized carbons (Fsp3) is 0.429. The summed E-state index contributed by atoms with van der Waals surface area (Å²) in [5.41, 5.74) is -0.294. The van der Waals surface area contributed by atoms with Gasteiger partial charge in [0, 0.05) is 0 Å². The van der Waals surface area contributed by atoms with Crippen LogP contribution in [0.4, 0.5) is 0 Å². The van der Waals surface area contributed by atoms with Crippen molar-refractivity contribution in [3.8, 4) is 5.75 Å². The summed E-state index contributed by atoms with van der Waals surface area (Å²) in [6.07, 6.45) is 0.804. The van der Waals surface area contributed by atoms with Crippen molar-refractivity contribution in [1.29, 1.82) is 0 Å². The van der Waals surface area contributed by atoms with E-state index in [4.69, 9.17) is 9.84 Å². The zero-order valence-corrected chi connectivity index (χ0v) is 11.4. The first-order valence-electron chi connectivity index (χ1n) is 6.12. The van der Waals surface area contributed by atoms with Gasteiger partial charge in [0.1, 0.15) is 11.3 Å². The number of amides is 1. The van der Waals surface area contributed by atoms with Gasteiger partial charge in [-0.1, -0.05) is 25.1 Å². The van der Waals surface area contributed by atoms with Gasteiger partial charge >= 0.3 is 5.97 Å². The van der Waals surface area contributed by atoms with Gasteiger partial charge in [0.2, 0.25) is 0 Å². The molecular weight excluding hydrogens is 246 g/mol. The van der Waals surface area contributed by atoms with Gasteiger partial charge in [0.15, 0.2) is 6.61 Å². The van der Waals surface area contributed by atoms with Crippen molar-refractivity contribution < 1.29 is 19.4 Å². The minimum Gasteiger partial charge on any atom is -0.483 e. The Bertz CT molecular complexity index is 468. The molecule has 1 amide bonds. The highest BCUT2D eigenvalue weighted by atomic mass is 16.5. The van der Waals surface area contributed by atoms with Crippen LogP contribution in [0, 0.1) is 0 Å². The molecule has 2 N–H and O–H groups in total. The van der Waals surface area contributed by atoms with E-state index in [2.05, 4.69) is 5.32 Å². The Hall–Kier alpha value is -2.04. The number of nitrogens with one attached hydrogen (secondary N) is 1. The second-order valence-electron chi connectivity index (χ2n) is 4.73. The molecule has 0 bridgehead atoms. The van der Waals surface area contributed by atoms with Crippen LogP contribution >= 0.6 is 0 Å². The predicted molar refractivity (Wildman–Crippen MR) is 71.2 cm³/mol. The normalized spacial score (nSPS) is 10.9. The highest BCUT2D eigenvalue weighted by molar-refractivity contribution is 5.86. The van der Waals surface area contributed by atoms with Crippen LogP contribution in [0.15, 0.2) is 24.3 Å². The van der Waals surface area contributed by atoms with E-state index in [9.17, 15) is 9.59 Å². The summed E-state index contributed by atoms with van der Waals surface area (Å²) in [6, 6.07) is 7.44. The molecule has 1 aromatic carbocycles. The number of carboxylic acids is 1. The Labute approximate surface area is 112 Å². The number of aliphatic carboxylic acids is 1. The van der Waals surface area contributed by atoms with E-state index in [0.717, 1.165) is 12.0 Å². The molecule has 0 aliphatic rings. The van der Waals surface area contributed by atoms with Crippen LogP contribution in [-0.4, -0.2) is 29.1 Å². The number of carbonyl (C=O) groups is 2. The van der Waals surface area contributed by atoms with Gasteiger partial charge in [0.25, 0.3) is 5.91 Å².